The molecule has 2 heteroatoms. The number of hydrogen-bond acceptors (Lipinski definition) is 1. The zero-order chi connectivity index (χ0) is 12.4. The molecule has 0 aliphatic heterocycles. The van der Waals surface area contributed by atoms with Gasteiger partial charge in [-0.15, -0.1) is 0 Å². The van der Waals surface area contributed by atoms with Crippen LogP contribution in [0, 0.1) is 0 Å². The smallest absolute Gasteiger partial charge is 0.134 e. The number of hydrogen-bond donors (Lipinski definition) is 0. The summed E-state index contributed by atoms with van der Waals surface area (Å²) in [4.78, 5) is 0. The largest absolute Gasteiger partial charge is 0.461 e. The highest BCUT2D eigenvalue weighted by Gasteiger charge is 2.04. The Morgan fingerprint density at radius 1 is 0.889 bits per heavy atom. The van der Waals surface area contributed by atoms with E-state index in [1.165, 1.54) is 5.56 Å². The van der Waals surface area contributed by atoms with E-state index in [1.54, 1.807) is 0 Å². The molecule has 1 heterocycles. The lowest BCUT2D eigenvalue weighted by molar-refractivity contribution is 0.547. The van der Waals surface area contributed by atoms with Crippen LogP contribution in [0.1, 0.15) is 11.3 Å². The number of halogens is 1. The molecule has 0 amide bonds. The van der Waals surface area contributed by atoms with Crippen LogP contribution < -0.4 is 0 Å². The predicted octanol–water partition coefficient (Wildman–Crippen LogP) is 4.98. The van der Waals surface area contributed by atoms with Crippen LogP contribution in [-0.2, 0) is 12.8 Å². The Hall–Kier alpha value is -1.54. The van der Waals surface area contributed by atoms with Crippen molar-refractivity contribution in [2.75, 3.05) is 0 Å². The number of rotatable bonds is 3. The molecule has 90 valence electrons. The third-order valence-corrected chi connectivity index (χ3v) is 3.53. The first-order valence-electron chi connectivity index (χ1n) is 6.03. The van der Waals surface area contributed by atoms with E-state index >= 15 is 0 Å². The molecular weight excluding hydrogens is 288 g/mol. The van der Waals surface area contributed by atoms with Crippen molar-refractivity contribution >= 4 is 26.9 Å². The van der Waals surface area contributed by atoms with E-state index in [1.807, 2.05) is 18.2 Å². The first-order valence-corrected chi connectivity index (χ1v) is 6.82. The molecule has 1 nitrogen and oxygen atoms in total. The molecule has 0 atom stereocenters. The van der Waals surface area contributed by atoms with E-state index in [0.717, 1.165) is 34.0 Å². The first-order chi connectivity index (χ1) is 8.81. The van der Waals surface area contributed by atoms with Gasteiger partial charge in [-0.3, -0.25) is 0 Å². The van der Waals surface area contributed by atoms with E-state index in [-0.39, 0.29) is 0 Å². The van der Waals surface area contributed by atoms with E-state index in [4.69, 9.17) is 4.42 Å². The van der Waals surface area contributed by atoms with Crippen LogP contribution in [0.15, 0.2) is 63.5 Å². The fraction of sp³-hybridized carbons (Fsp3) is 0.125. The second kappa shape index (κ2) is 4.99. The van der Waals surface area contributed by atoms with Crippen LogP contribution in [0.3, 0.4) is 0 Å². The van der Waals surface area contributed by atoms with Crippen LogP contribution >= 0.6 is 15.9 Å². The lowest BCUT2D eigenvalue weighted by atomic mass is 10.1. The molecule has 0 bridgehead atoms. The number of aryl methyl sites for hydroxylation is 2. The third-order valence-electron chi connectivity index (χ3n) is 3.03. The second-order valence-electron chi connectivity index (χ2n) is 4.38. The summed E-state index contributed by atoms with van der Waals surface area (Å²) < 4.78 is 6.91. The van der Waals surface area contributed by atoms with Gasteiger partial charge in [0.2, 0.25) is 0 Å². The average Bonchev–Trinajstić information content (AvgIpc) is 2.79. The highest BCUT2D eigenvalue weighted by molar-refractivity contribution is 9.10. The highest BCUT2D eigenvalue weighted by Crippen LogP contribution is 2.24. The quantitative estimate of drug-likeness (QED) is 0.665. The van der Waals surface area contributed by atoms with Gasteiger partial charge in [0.15, 0.2) is 0 Å². The highest BCUT2D eigenvalue weighted by atomic mass is 79.9. The Labute approximate surface area is 115 Å². The van der Waals surface area contributed by atoms with Crippen molar-refractivity contribution in [3.8, 4) is 0 Å². The molecule has 0 fully saturated rings. The summed E-state index contributed by atoms with van der Waals surface area (Å²) in [5.74, 6) is 1.05. The van der Waals surface area contributed by atoms with Gasteiger partial charge >= 0.3 is 0 Å². The molecule has 0 radical (unpaired) electrons. The van der Waals surface area contributed by atoms with Gasteiger partial charge in [-0.2, -0.15) is 0 Å². The minimum Gasteiger partial charge on any atom is -0.461 e. The van der Waals surface area contributed by atoms with Crippen LogP contribution in [0.4, 0.5) is 0 Å². The maximum Gasteiger partial charge on any atom is 0.134 e. The lowest BCUT2D eigenvalue weighted by Crippen LogP contribution is -1.88. The zero-order valence-corrected chi connectivity index (χ0v) is 11.5. The molecule has 0 unspecified atom stereocenters. The van der Waals surface area contributed by atoms with E-state index in [2.05, 4.69) is 52.3 Å². The molecule has 0 saturated carbocycles. The fourth-order valence-corrected chi connectivity index (χ4v) is 2.48. The minimum absolute atomic E-state index is 0.941. The Bertz CT molecular complexity index is 655. The molecule has 3 rings (SSSR count). The summed E-state index contributed by atoms with van der Waals surface area (Å²) in [6.45, 7) is 0. The van der Waals surface area contributed by atoms with Gasteiger partial charge < -0.3 is 4.42 Å². The van der Waals surface area contributed by atoms with Crippen LogP contribution in [0.5, 0.6) is 0 Å². The maximum absolute atomic E-state index is 5.82. The van der Waals surface area contributed by atoms with Gasteiger partial charge in [-0.05, 0) is 36.2 Å². The molecule has 1 aromatic heterocycles. The van der Waals surface area contributed by atoms with Crippen LogP contribution in [0.25, 0.3) is 11.0 Å². The molecule has 0 aliphatic carbocycles. The van der Waals surface area contributed by atoms with E-state index in [0.29, 0.717) is 0 Å². The third kappa shape index (κ3) is 2.49. The second-order valence-corrected chi connectivity index (χ2v) is 5.30. The normalized spacial score (nSPS) is 10.9. The van der Waals surface area contributed by atoms with Crippen molar-refractivity contribution in [2.45, 2.75) is 12.8 Å². The lowest BCUT2D eigenvalue weighted by Gasteiger charge is -1.97. The van der Waals surface area contributed by atoms with Gasteiger partial charge in [0.1, 0.15) is 11.3 Å². The van der Waals surface area contributed by atoms with Crippen LogP contribution in [-0.4, -0.2) is 0 Å². The number of fused-ring (bicyclic) bond motifs is 1. The summed E-state index contributed by atoms with van der Waals surface area (Å²) in [6, 6.07) is 18.7. The maximum atomic E-state index is 5.82. The Morgan fingerprint density at radius 3 is 2.56 bits per heavy atom. The average molecular weight is 301 g/mol. The number of benzene rings is 2. The van der Waals surface area contributed by atoms with Crippen molar-refractivity contribution in [2.24, 2.45) is 0 Å². The first kappa shape index (κ1) is 11.5. The minimum atomic E-state index is 0.941. The summed E-state index contributed by atoms with van der Waals surface area (Å²) in [5, 5.41) is 1.16. The molecular formula is C16H13BrO. The Kier molecular flexibility index (Phi) is 3.20. The molecule has 0 N–H and O–H groups in total. The van der Waals surface area contributed by atoms with Crippen molar-refractivity contribution in [3.63, 3.8) is 0 Å². The standard InChI is InChI=1S/C16H13BrO/c17-14-7-9-16-13(10-14)11-15(18-16)8-6-12-4-2-1-3-5-12/h1-5,7,9-11H,6,8H2. The molecule has 2 aromatic carbocycles. The SMILES string of the molecule is Brc1ccc2oc(CCc3ccccc3)cc2c1. The van der Waals surface area contributed by atoms with Crippen molar-refractivity contribution < 1.29 is 4.42 Å². The van der Waals surface area contributed by atoms with Crippen molar-refractivity contribution in [1.29, 1.82) is 0 Å². The molecule has 0 aliphatic rings. The van der Waals surface area contributed by atoms with Crippen molar-refractivity contribution in [1.82, 2.24) is 0 Å². The number of furan rings is 1. The van der Waals surface area contributed by atoms with E-state index in [9.17, 15) is 0 Å². The predicted molar refractivity (Wildman–Crippen MR) is 77.8 cm³/mol. The van der Waals surface area contributed by atoms with Crippen molar-refractivity contribution in [3.05, 3.63) is 70.4 Å². The van der Waals surface area contributed by atoms with Gasteiger partial charge in [0.05, 0.1) is 0 Å². The molecule has 0 saturated heterocycles. The molecule has 0 spiro atoms. The Morgan fingerprint density at radius 2 is 1.72 bits per heavy atom. The monoisotopic (exact) mass is 300 g/mol. The van der Waals surface area contributed by atoms with Crippen LogP contribution in [0.2, 0.25) is 0 Å². The summed E-state index contributed by atoms with van der Waals surface area (Å²) in [5.41, 5.74) is 2.31. The van der Waals surface area contributed by atoms with Gasteiger partial charge in [-0.25, -0.2) is 0 Å². The summed E-state index contributed by atoms with van der Waals surface area (Å²) >= 11 is 3.48. The Balaban J connectivity index is 1.79. The zero-order valence-electron chi connectivity index (χ0n) is 9.90. The van der Waals surface area contributed by atoms with E-state index < -0.39 is 0 Å². The summed E-state index contributed by atoms with van der Waals surface area (Å²) in [6.07, 6.45) is 1.96. The molecule has 3 aromatic rings. The molecule has 18 heavy (non-hydrogen) atoms. The van der Waals surface area contributed by atoms with Gasteiger partial charge in [0.25, 0.3) is 0 Å². The summed E-state index contributed by atoms with van der Waals surface area (Å²) in [7, 11) is 0. The van der Waals surface area contributed by atoms with Gasteiger partial charge in [0, 0.05) is 16.3 Å². The fourth-order valence-electron chi connectivity index (χ4n) is 2.10. The topological polar surface area (TPSA) is 13.1 Å². The van der Waals surface area contributed by atoms with Gasteiger partial charge in [-0.1, -0.05) is 46.3 Å².